The van der Waals surface area contributed by atoms with E-state index in [1.165, 1.54) is 0 Å². The second-order valence-corrected chi connectivity index (χ2v) is 4.16. The second-order valence-electron chi connectivity index (χ2n) is 4.16. The third-order valence-corrected chi connectivity index (χ3v) is 2.64. The van der Waals surface area contributed by atoms with Crippen molar-refractivity contribution in [3.63, 3.8) is 0 Å². The molecule has 94 valence electrons. The SMILES string of the molecule is CCCCCNC(=O)c1cc(C)ccc1NN. The number of carbonyl (C=O) groups excluding carboxylic acids is 1. The number of nitrogens with one attached hydrogen (secondary N) is 2. The molecule has 4 N–H and O–H groups in total. The van der Waals surface area contributed by atoms with Crippen LogP contribution in [0.5, 0.6) is 0 Å². The summed E-state index contributed by atoms with van der Waals surface area (Å²) in [5.74, 6) is 5.31. The van der Waals surface area contributed by atoms with Crippen molar-refractivity contribution in [2.45, 2.75) is 33.1 Å². The van der Waals surface area contributed by atoms with Gasteiger partial charge in [0.1, 0.15) is 0 Å². The van der Waals surface area contributed by atoms with Crippen LogP contribution < -0.4 is 16.6 Å². The molecule has 0 heterocycles. The Labute approximate surface area is 103 Å². The van der Waals surface area contributed by atoms with Crippen LogP contribution in [0.3, 0.4) is 0 Å². The maximum Gasteiger partial charge on any atom is 0.253 e. The lowest BCUT2D eigenvalue weighted by Crippen LogP contribution is -2.26. The molecule has 0 fully saturated rings. The minimum atomic E-state index is -0.0715. The maximum atomic E-state index is 11.9. The van der Waals surface area contributed by atoms with E-state index in [2.05, 4.69) is 17.7 Å². The molecule has 0 aromatic heterocycles. The van der Waals surface area contributed by atoms with E-state index >= 15 is 0 Å². The molecule has 1 rings (SSSR count). The third kappa shape index (κ3) is 4.07. The van der Waals surface area contributed by atoms with E-state index in [-0.39, 0.29) is 5.91 Å². The van der Waals surface area contributed by atoms with Crippen LogP contribution in [-0.2, 0) is 0 Å². The van der Waals surface area contributed by atoms with Gasteiger partial charge < -0.3 is 10.7 Å². The summed E-state index contributed by atoms with van der Waals surface area (Å²) in [5.41, 5.74) is 4.85. The molecule has 1 aromatic rings. The normalized spacial score (nSPS) is 10.1. The van der Waals surface area contributed by atoms with Crippen LogP contribution >= 0.6 is 0 Å². The van der Waals surface area contributed by atoms with E-state index in [1.807, 2.05) is 25.1 Å². The molecule has 0 bridgehead atoms. The highest BCUT2D eigenvalue weighted by Gasteiger charge is 2.10. The van der Waals surface area contributed by atoms with Gasteiger partial charge in [-0.25, -0.2) is 0 Å². The number of anilines is 1. The highest BCUT2D eigenvalue weighted by atomic mass is 16.1. The Kier molecular flexibility index (Phi) is 5.49. The molecule has 4 heteroatoms. The number of rotatable bonds is 6. The molecule has 0 saturated carbocycles. The first kappa shape index (κ1) is 13.5. The van der Waals surface area contributed by atoms with Crippen LogP contribution in [0, 0.1) is 6.92 Å². The number of unbranched alkanes of at least 4 members (excludes halogenated alkanes) is 2. The number of hydrazine groups is 1. The van der Waals surface area contributed by atoms with Crippen molar-refractivity contribution < 1.29 is 4.79 Å². The van der Waals surface area contributed by atoms with Crippen molar-refractivity contribution in [2.75, 3.05) is 12.0 Å². The van der Waals surface area contributed by atoms with Gasteiger partial charge in [0.2, 0.25) is 0 Å². The summed E-state index contributed by atoms with van der Waals surface area (Å²) in [5, 5.41) is 2.90. The zero-order valence-corrected chi connectivity index (χ0v) is 10.5. The van der Waals surface area contributed by atoms with Crippen molar-refractivity contribution in [2.24, 2.45) is 5.84 Å². The van der Waals surface area contributed by atoms with Crippen LogP contribution in [0.2, 0.25) is 0 Å². The van der Waals surface area contributed by atoms with Gasteiger partial charge in [-0.2, -0.15) is 0 Å². The van der Waals surface area contributed by atoms with Gasteiger partial charge in [-0.1, -0.05) is 31.4 Å². The quantitative estimate of drug-likeness (QED) is 0.402. The molecule has 1 aromatic carbocycles. The number of carbonyl (C=O) groups is 1. The summed E-state index contributed by atoms with van der Waals surface area (Å²) in [4.78, 5) is 11.9. The molecule has 0 aliphatic heterocycles. The Balaban J connectivity index is 2.64. The van der Waals surface area contributed by atoms with Gasteiger partial charge in [0, 0.05) is 6.54 Å². The van der Waals surface area contributed by atoms with Gasteiger partial charge in [0.05, 0.1) is 11.3 Å². The van der Waals surface area contributed by atoms with Crippen molar-refractivity contribution >= 4 is 11.6 Å². The summed E-state index contributed by atoms with van der Waals surface area (Å²) >= 11 is 0. The van der Waals surface area contributed by atoms with Crippen LogP contribution in [0.4, 0.5) is 5.69 Å². The minimum absolute atomic E-state index is 0.0715. The van der Waals surface area contributed by atoms with E-state index in [1.54, 1.807) is 0 Å². The number of benzene rings is 1. The van der Waals surface area contributed by atoms with Crippen LogP contribution in [0.25, 0.3) is 0 Å². The molecule has 0 atom stereocenters. The van der Waals surface area contributed by atoms with Crippen molar-refractivity contribution in [3.8, 4) is 0 Å². The van der Waals surface area contributed by atoms with Gasteiger partial charge in [-0.15, -0.1) is 0 Å². The number of nitrogens with two attached hydrogens (primary N) is 1. The standard InChI is InChI=1S/C13H21N3O/c1-3-4-5-8-15-13(17)11-9-10(2)6-7-12(11)16-14/h6-7,9,16H,3-5,8,14H2,1-2H3,(H,15,17). The van der Waals surface area contributed by atoms with Gasteiger partial charge in [0.15, 0.2) is 0 Å². The lowest BCUT2D eigenvalue weighted by molar-refractivity contribution is 0.0953. The molecular weight excluding hydrogens is 214 g/mol. The molecule has 4 nitrogen and oxygen atoms in total. The van der Waals surface area contributed by atoms with Gasteiger partial charge in [0.25, 0.3) is 5.91 Å². The van der Waals surface area contributed by atoms with E-state index in [0.717, 1.165) is 24.8 Å². The molecule has 0 radical (unpaired) electrons. The predicted molar refractivity (Wildman–Crippen MR) is 70.8 cm³/mol. The molecule has 0 aliphatic rings. The average molecular weight is 235 g/mol. The fourth-order valence-corrected chi connectivity index (χ4v) is 1.64. The first-order valence-corrected chi connectivity index (χ1v) is 6.04. The zero-order valence-electron chi connectivity index (χ0n) is 10.5. The number of hydrogen-bond donors (Lipinski definition) is 3. The van der Waals surface area contributed by atoms with Crippen LogP contribution in [0.15, 0.2) is 18.2 Å². The number of aryl methyl sites for hydroxylation is 1. The fraction of sp³-hybridized carbons (Fsp3) is 0.462. The molecule has 17 heavy (non-hydrogen) atoms. The number of hydrogen-bond acceptors (Lipinski definition) is 3. The smallest absolute Gasteiger partial charge is 0.253 e. The largest absolute Gasteiger partial charge is 0.352 e. The Morgan fingerprint density at radius 3 is 2.76 bits per heavy atom. The highest BCUT2D eigenvalue weighted by molar-refractivity contribution is 5.99. The summed E-state index contributed by atoms with van der Waals surface area (Å²) in [7, 11) is 0. The number of nitrogen functional groups attached to an aromatic ring is 1. The summed E-state index contributed by atoms with van der Waals surface area (Å²) in [6.07, 6.45) is 3.30. The van der Waals surface area contributed by atoms with Gasteiger partial charge >= 0.3 is 0 Å². The van der Waals surface area contributed by atoms with Gasteiger partial charge in [-0.3, -0.25) is 10.6 Å². The Hall–Kier alpha value is -1.55. The van der Waals surface area contributed by atoms with E-state index in [9.17, 15) is 4.79 Å². The first-order chi connectivity index (χ1) is 8.19. The third-order valence-electron chi connectivity index (χ3n) is 2.64. The average Bonchev–Trinajstić information content (AvgIpc) is 2.34. The summed E-state index contributed by atoms with van der Waals surface area (Å²) < 4.78 is 0. The highest BCUT2D eigenvalue weighted by Crippen LogP contribution is 2.16. The lowest BCUT2D eigenvalue weighted by atomic mass is 10.1. The molecular formula is C13H21N3O. The van der Waals surface area contributed by atoms with Crippen molar-refractivity contribution in [3.05, 3.63) is 29.3 Å². The Bertz CT molecular complexity index is 377. The Morgan fingerprint density at radius 1 is 1.35 bits per heavy atom. The second kappa shape index (κ2) is 6.91. The maximum absolute atomic E-state index is 11.9. The summed E-state index contributed by atoms with van der Waals surface area (Å²) in [6, 6.07) is 5.57. The van der Waals surface area contributed by atoms with E-state index in [4.69, 9.17) is 5.84 Å². The molecule has 0 aliphatic carbocycles. The predicted octanol–water partition coefficient (Wildman–Crippen LogP) is 2.20. The van der Waals surface area contributed by atoms with Crippen molar-refractivity contribution in [1.82, 2.24) is 5.32 Å². The van der Waals surface area contributed by atoms with Crippen LogP contribution in [0.1, 0.15) is 42.1 Å². The molecule has 1 amide bonds. The minimum Gasteiger partial charge on any atom is -0.352 e. The monoisotopic (exact) mass is 235 g/mol. The van der Waals surface area contributed by atoms with E-state index in [0.29, 0.717) is 17.8 Å². The van der Waals surface area contributed by atoms with Crippen molar-refractivity contribution in [1.29, 1.82) is 0 Å². The Morgan fingerprint density at radius 2 is 2.12 bits per heavy atom. The fourth-order valence-electron chi connectivity index (χ4n) is 1.64. The first-order valence-electron chi connectivity index (χ1n) is 6.04. The van der Waals surface area contributed by atoms with E-state index < -0.39 is 0 Å². The van der Waals surface area contributed by atoms with Gasteiger partial charge in [-0.05, 0) is 25.5 Å². The molecule has 0 spiro atoms. The lowest BCUT2D eigenvalue weighted by Gasteiger charge is -2.10. The topological polar surface area (TPSA) is 67.2 Å². The summed E-state index contributed by atoms with van der Waals surface area (Å²) in [6.45, 7) is 4.80. The molecule has 0 unspecified atom stereocenters. The van der Waals surface area contributed by atoms with Crippen LogP contribution in [-0.4, -0.2) is 12.5 Å². The molecule has 0 saturated heterocycles. The zero-order chi connectivity index (χ0) is 12.7. The number of amides is 1.